The number of halogens is 2. The number of hydrogen-bond acceptors (Lipinski definition) is 3. The highest BCUT2D eigenvalue weighted by atomic mass is 35.5. The van der Waals surface area contributed by atoms with Crippen molar-refractivity contribution < 1.29 is 14.0 Å². The molecule has 1 fully saturated rings. The molecule has 128 valence electrons. The predicted octanol–water partition coefficient (Wildman–Crippen LogP) is 2.71. The van der Waals surface area contributed by atoms with E-state index in [9.17, 15) is 14.0 Å². The maximum atomic E-state index is 13.2. The number of nitrogens with one attached hydrogen (secondary N) is 2. The molecule has 0 radical (unpaired) electrons. The lowest BCUT2D eigenvalue weighted by Crippen LogP contribution is -2.52. The van der Waals surface area contributed by atoms with E-state index in [-0.39, 0.29) is 42.6 Å². The standard InChI is InChI=1S/C17H23FN2O2.ClH/c1-11(17(22)13-5-3-6-14(18)10-13)9-16(21)20-15-7-4-8-19-12(15)2;/h3,5-6,10-12,15,19H,4,7-9H2,1-2H3,(H,20,21);1H. The van der Waals surface area contributed by atoms with Gasteiger partial charge < -0.3 is 10.6 Å². The normalized spacial score (nSPS) is 21.9. The van der Waals surface area contributed by atoms with Crippen molar-refractivity contribution in [2.45, 2.75) is 45.2 Å². The number of ketones is 1. The fourth-order valence-electron chi connectivity index (χ4n) is 2.80. The number of amides is 1. The summed E-state index contributed by atoms with van der Waals surface area (Å²) in [6, 6.07) is 5.94. The average molecular weight is 343 g/mol. The Bertz CT molecular complexity index is 553. The topological polar surface area (TPSA) is 58.2 Å². The molecule has 3 atom stereocenters. The molecule has 0 saturated carbocycles. The third-order valence-corrected chi connectivity index (χ3v) is 4.16. The first-order valence-corrected chi connectivity index (χ1v) is 7.80. The van der Waals surface area contributed by atoms with Gasteiger partial charge in [0.1, 0.15) is 5.82 Å². The molecule has 0 bridgehead atoms. The maximum absolute atomic E-state index is 13.2. The fourth-order valence-corrected chi connectivity index (χ4v) is 2.80. The Labute approximate surface area is 142 Å². The monoisotopic (exact) mass is 342 g/mol. The van der Waals surface area contributed by atoms with Gasteiger partial charge in [-0.3, -0.25) is 9.59 Å². The van der Waals surface area contributed by atoms with Crippen LogP contribution in [0.15, 0.2) is 24.3 Å². The molecule has 6 heteroatoms. The second kappa shape index (κ2) is 8.99. The summed E-state index contributed by atoms with van der Waals surface area (Å²) in [6.07, 6.45) is 2.11. The zero-order chi connectivity index (χ0) is 16.1. The molecule has 1 aliphatic heterocycles. The smallest absolute Gasteiger partial charge is 0.220 e. The first-order valence-electron chi connectivity index (χ1n) is 7.80. The van der Waals surface area contributed by atoms with Crippen LogP contribution in [0, 0.1) is 11.7 Å². The van der Waals surface area contributed by atoms with Crippen molar-refractivity contribution in [3.63, 3.8) is 0 Å². The summed E-state index contributed by atoms with van der Waals surface area (Å²) in [5.41, 5.74) is 0.313. The van der Waals surface area contributed by atoms with Crippen LogP contribution in [0.25, 0.3) is 0 Å². The summed E-state index contributed by atoms with van der Waals surface area (Å²) >= 11 is 0. The summed E-state index contributed by atoms with van der Waals surface area (Å²) < 4.78 is 13.2. The molecule has 4 nitrogen and oxygen atoms in total. The molecule has 1 aliphatic rings. The molecule has 1 saturated heterocycles. The van der Waals surface area contributed by atoms with Crippen molar-refractivity contribution in [3.05, 3.63) is 35.6 Å². The van der Waals surface area contributed by atoms with Crippen LogP contribution >= 0.6 is 12.4 Å². The van der Waals surface area contributed by atoms with Crippen LogP contribution in [-0.4, -0.2) is 30.3 Å². The van der Waals surface area contributed by atoms with Gasteiger partial charge in [-0.25, -0.2) is 4.39 Å². The molecule has 2 rings (SSSR count). The van der Waals surface area contributed by atoms with E-state index in [1.54, 1.807) is 13.0 Å². The quantitative estimate of drug-likeness (QED) is 0.809. The molecular weight excluding hydrogens is 319 g/mol. The molecule has 0 aromatic heterocycles. The van der Waals surface area contributed by atoms with Crippen molar-refractivity contribution in [1.29, 1.82) is 0 Å². The molecule has 3 unspecified atom stereocenters. The van der Waals surface area contributed by atoms with E-state index in [4.69, 9.17) is 0 Å². The molecule has 0 spiro atoms. The van der Waals surface area contributed by atoms with Gasteiger partial charge >= 0.3 is 0 Å². The Morgan fingerprint density at radius 3 is 2.83 bits per heavy atom. The molecular formula is C17H24ClFN2O2. The van der Waals surface area contributed by atoms with Gasteiger partial charge in [-0.1, -0.05) is 19.1 Å². The highest BCUT2D eigenvalue weighted by Crippen LogP contribution is 2.14. The third kappa shape index (κ3) is 5.59. The summed E-state index contributed by atoms with van der Waals surface area (Å²) in [4.78, 5) is 24.3. The summed E-state index contributed by atoms with van der Waals surface area (Å²) in [7, 11) is 0. The minimum absolute atomic E-state index is 0. The lowest BCUT2D eigenvalue weighted by molar-refractivity contribution is -0.122. The lowest BCUT2D eigenvalue weighted by Gasteiger charge is -2.30. The Hall–Kier alpha value is -1.46. The van der Waals surface area contributed by atoms with Crippen molar-refractivity contribution in [2.75, 3.05) is 6.54 Å². The van der Waals surface area contributed by atoms with Crippen LogP contribution in [0.2, 0.25) is 0 Å². The minimum atomic E-state index is -0.464. The zero-order valence-corrected chi connectivity index (χ0v) is 14.3. The summed E-state index contributed by atoms with van der Waals surface area (Å²) in [5, 5.41) is 6.31. The Kier molecular flexibility index (Phi) is 7.65. The highest BCUT2D eigenvalue weighted by molar-refractivity contribution is 5.99. The van der Waals surface area contributed by atoms with E-state index in [1.165, 1.54) is 18.2 Å². The SMILES string of the molecule is CC(CC(=O)NC1CCCNC1C)C(=O)c1cccc(F)c1.Cl. The summed E-state index contributed by atoms with van der Waals surface area (Å²) in [6.45, 7) is 4.72. The Morgan fingerprint density at radius 1 is 1.43 bits per heavy atom. The Morgan fingerprint density at radius 2 is 2.17 bits per heavy atom. The van der Waals surface area contributed by atoms with E-state index in [0.29, 0.717) is 5.56 Å². The molecule has 0 aliphatic carbocycles. The molecule has 1 aromatic rings. The molecule has 23 heavy (non-hydrogen) atoms. The highest BCUT2D eigenvalue weighted by Gasteiger charge is 2.24. The van der Waals surface area contributed by atoms with Crippen molar-refractivity contribution >= 4 is 24.1 Å². The molecule has 1 heterocycles. The largest absolute Gasteiger partial charge is 0.352 e. The molecule has 1 amide bonds. The summed E-state index contributed by atoms with van der Waals surface area (Å²) in [5.74, 6) is -1.24. The maximum Gasteiger partial charge on any atom is 0.220 e. The second-order valence-electron chi connectivity index (χ2n) is 6.04. The third-order valence-electron chi connectivity index (χ3n) is 4.16. The van der Waals surface area contributed by atoms with Gasteiger partial charge in [0.25, 0.3) is 0 Å². The molecule has 2 N–H and O–H groups in total. The number of hydrogen-bond donors (Lipinski definition) is 2. The van der Waals surface area contributed by atoms with Gasteiger partial charge in [-0.2, -0.15) is 0 Å². The number of carbonyl (C=O) groups excluding carboxylic acids is 2. The average Bonchev–Trinajstić information content (AvgIpc) is 2.48. The van der Waals surface area contributed by atoms with Crippen molar-refractivity contribution in [2.24, 2.45) is 5.92 Å². The van der Waals surface area contributed by atoms with Crippen LogP contribution < -0.4 is 10.6 Å². The van der Waals surface area contributed by atoms with Gasteiger partial charge in [-0.05, 0) is 38.4 Å². The van der Waals surface area contributed by atoms with Crippen LogP contribution in [0.5, 0.6) is 0 Å². The van der Waals surface area contributed by atoms with Crippen LogP contribution in [-0.2, 0) is 4.79 Å². The van der Waals surface area contributed by atoms with Gasteiger partial charge in [0, 0.05) is 30.0 Å². The van der Waals surface area contributed by atoms with Crippen LogP contribution in [0.1, 0.15) is 43.5 Å². The predicted molar refractivity (Wildman–Crippen MR) is 90.4 cm³/mol. The molecule has 1 aromatic carbocycles. The zero-order valence-electron chi connectivity index (χ0n) is 13.5. The van der Waals surface area contributed by atoms with Gasteiger partial charge in [0.15, 0.2) is 5.78 Å². The van der Waals surface area contributed by atoms with E-state index in [2.05, 4.69) is 10.6 Å². The number of piperidine rings is 1. The van der Waals surface area contributed by atoms with Crippen molar-refractivity contribution in [3.8, 4) is 0 Å². The van der Waals surface area contributed by atoms with Gasteiger partial charge in [0.2, 0.25) is 5.91 Å². The lowest BCUT2D eigenvalue weighted by atomic mass is 9.95. The van der Waals surface area contributed by atoms with E-state index in [1.807, 2.05) is 6.92 Å². The second-order valence-corrected chi connectivity index (χ2v) is 6.04. The van der Waals surface area contributed by atoms with E-state index >= 15 is 0 Å². The first kappa shape index (κ1) is 19.6. The van der Waals surface area contributed by atoms with Crippen LogP contribution in [0.4, 0.5) is 4.39 Å². The number of benzene rings is 1. The van der Waals surface area contributed by atoms with Gasteiger partial charge in [0.05, 0.1) is 0 Å². The van der Waals surface area contributed by atoms with Gasteiger partial charge in [-0.15, -0.1) is 12.4 Å². The first-order chi connectivity index (χ1) is 10.5. The fraction of sp³-hybridized carbons (Fsp3) is 0.529. The van der Waals surface area contributed by atoms with E-state index in [0.717, 1.165) is 19.4 Å². The minimum Gasteiger partial charge on any atom is -0.352 e. The number of rotatable bonds is 5. The van der Waals surface area contributed by atoms with E-state index < -0.39 is 11.7 Å². The van der Waals surface area contributed by atoms with Crippen LogP contribution in [0.3, 0.4) is 0 Å². The van der Waals surface area contributed by atoms with Crippen molar-refractivity contribution in [1.82, 2.24) is 10.6 Å². The number of Topliss-reactive ketones (excluding diaryl/α,β-unsaturated/α-hetero) is 1. The Balaban J connectivity index is 0.00000264. The number of carbonyl (C=O) groups is 2.